The van der Waals surface area contributed by atoms with Crippen molar-refractivity contribution in [2.45, 2.75) is 0 Å². The van der Waals surface area contributed by atoms with Crippen molar-refractivity contribution in [1.29, 1.82) is 0 Å². The summed E-state index contributed by atoms with van der Waals surface area (Å²) in [5.41, 5.74) is 0.835. The summed E-state index contributed by atoms with van der Waals surface area (Å²) in [4.78, 5) is 0. The Morgan fingerprint density at radius 3 is 2.82 bits per heavy atom. The zero-order valence-corrected chi connectivity index (χ0v) is 8.37. The fraction of sp³-hybridized carbons (Fsp3) is 0. The lowest BCUT2D eigenvalue weighted by atomic mass is 10.2. The van der Waals surface area contributed by atoms with Crippen molar-refractivity contribution in [2.75, 3.05) is 0 Å². The van der Waals surface area contributed by atoms with E-state index in [1.807, 2.05) is 6.07 Å². The van der Waals surface area contributed by atoms with Crippen molar-refractivity contribution in [2.24, 2.45) is 5.16 Å². The Morgan fingerprint density at radius 1 is 1.55 bits per heavy atom. The maximum absolute atomic E-state index is 8.21. The Morgan fingerprint density at radius 2 is 2.27 bits per heavy atom. The monoisotopic (exact) mass is 281 g/mol. The molecule has 0 aliphatic heterocycles. The van der Waals surface area contributed by atoms with Gasteiger partial charge in [0, 0.05) is 3.57 Å². The molecular formula is C7H5ClINO. The van der Waals surface area contributed by atoms with Crippen molar-refractivity contribution in [3.8, 4) is 0 Å². The average Bonchev–Trinajstić information content (AvgIpc) is 1.98. The van der Waals surface area contributed by atoms with E-state index < -0.39 is 0 Å². The molecule has 1 N–H and O–H groups in total. The quantitative estimate of drug-likeness (QED) is 0.365. The molecule has 0 unspecified atom stereocenters. The molecule has 2 nitrogen and oxygen atoms in total. The van der Waals surface area contributed by atoms with E-state index in [1.165, 1.54) is 6.21 Å². The summed E-state index contributed by atoms with van der Waals surface area (Å²) in [6, 6.07) is 5.38. The number of benzene rings is 1. The fourth-order valence-corrected chi connectivity index (χ4v) is 1.32. The highest BCUT2D eigenvalue weighted by molar-refractivity contribution is 14.1. The van der Waals surface area contributed by atoms with Crippen LogP contribution in [0.15, 0.2) is 23.4 Å². The first-order chi connectivity index (χ1) is 5.24. The van der Waals surface area contributed by atoms with Gasteiger partial charge in [-0.2, -0.15) is 0 Å². The van der Waals surface area contributed by atoms with Crippen LogP contribution in [0.2, 0.25) is 5.02 Å². The minimum atomic E-state index is 0.709. The van der Waals surface area contributed by atoms with Crippen molar-refractivity contribution < 1.29 is 5.21 Å². The second-order valence-corrected chi connectivity index (χ2v) is 3.49. The summed E-state index contributed by atoms with van der Waals surface area (Å²) in [7, 11) is 0. The summed E-state index contributed by atoms with van der Waals surface area (Å²) in [5.74, 6) is 0. The highest BCUT2D eigenvalue weighted by Crippen LogP contribution is 2.18. The summed E-state index contributed by atoms with van der Waals surface area (Å²) < 4.78 is 0.946. The molecule has 4 heteroatoms. The molecule has 0 heterocycles. The van der Waals surface area contributed by atoms with E-state index in [0.29, 0.717) is 5.02 Å². The fourth-order valence-electron chi connectivity index (χ4n) is 0.659. The standard InChI is InChI=1S/C7H5ClINO/c8-6-2-1-5(4-10-11)3-7(6)9/h1-4,11H/b10-4+. The van der Waals surface area contributed by atoms with E-state index in [2.05, 4.69) is 27.7 Å². The van der Waals surface area contributed by atoms with Gasteiger partial charge in [0.25, 0.3) is 0 Å². The molecule has 0 radical (unpaired) electrons. The van der Waals surface area contributed by atoms with Crippen molar-refractivity contribution >= 4 is 40.4 Å². The van der Waals surface area contributed by atoms with Crippen LogP contribution in [-0.4, -0.2) is 11.4 Å². The summed E-state index contributed by atoms with van der Waals surface area (Å²) in [6.07, 6.45) is 1.36. The van der Waals surface area contributed by atoms with Gasteiger partial charge in [-0.3, -0.25) is 0 Å². The summed E-state index contributed by atoms with van der Waals surface area (Å²) in [6.45, 7) is 0. The molecule has 1 aromatic carbocycles. The molecule has 0 saturated heterocycles. The van der Waals surface area contributed by atoms with Crippen molar-refractivity contribution in [3.63, 3.8) is 0 Å². The van der Waals surface area contributed by atoms with E-state index in [1.54, 1.807) is 12.1 Å². The zero-order chi connectivity index (χ0) is 8.27. The van der Waals surface area contributed by atoms with Gasteiger partial charge in [0.15, 0.2) is 0 Å². The molecule has 1 aromatic rings. The van der Waals surface area contributed by atoms with E-state index >= 15 is 0 Å². The predicted molar refractivity (Wildman–Crippen MR) is 53.5 cm³/mol. The Labute approximate surface area is 83.0 Å². The van der Waals surface area contributed by atoms with Crippen LogP contribution in [-0.2, 0) is 0 Å². The lowest BCUT2D eigenvalue weighted by Gasteiger charge is -1.95. The van der Waals surface area contributed by atoms with Crippen LogP contribution < -0.4 is 0 Å². The molecular weight excluding hydrogens is 276 g/mol. The minimum absolute atomic E-state index is 0.709. The van der Waals surface area contributed by atoms with E-state index in [-0.39, 0.29) is 0 Å². The smallest absolute Gasteiger partial charge is 0.0734 e. The first kappa shape index (κ1) is 8.80. The first-order valence-corrected chi connectivity index (χ1v) is 4.32. The number of hydrogen-bond donors (Lipinski definition) is 1. The number of hydrogen-bond acceptors (Lipinski definition) is 2. The molecule has 0 aliphatic rings. The molecule has 1 rings (SSSR count). The summed E-state index contributed by atoms with van der Waals surface area (Å²) in [5, 5.41) is 11.8. The maximum atomic E-state index is 8.21. The van der Waals surface area contributed by atoms with E-state index in [9.17, 15) is 0 Å². The normalized spacial score (nSPS) is 10.7. The van der Waals surface area contributed by atoms with E-state index in [4.69, 9.17) is 16.8 Å². The number of halogens is 2. The van der Waals surface area contributed by atoms with Crippen LogP contribution >= 0.6 is 34.2 Å². The van der Waals surface area contributed by atoms with Crippen LogP contribution in [0.1, 0.15) is 5.56 Å². The van der Waals surface area contributed by atoms with Gasteiger partial charge < -0.3 is 5.21 Å². The second kappa shape index (κ2) is 3.92. The third kappa shape index (κ3) is 2.34. The van der Waals surface area contributed by atoms with Gasteiger partial charge in [-0.1, -0.05) is 22.8 Å². The van der Waals surface area contributed by atoms with Crippen molar-refractivity contribution in [3.05, 3.63) is 32.4 Å². The number of oxime groups is 1. The van der Waals surface area contributed by atoms with Gasteiger partial charge in [0.05, 0.1) is 11.2 Å². The molecule has 0 bridgehead atoms. The molecule has 0 saturated carbocycles. The first-order valence-electron chi connectivity index (χ1n) is 2.86. The van der Waals surface area contributed by atoms with Crippen molar-refractivity contribution in [1.82, 2.24) is 0 Å². The van der Waals surface area contributed by atoms with Crippen LogP contribution in [0.4, 0.5) is 0 Å². The van der Waals surface area contributed by atoms with E-state index in [0.717, 1.165) is 9.13 Å². The highest BCUT2D eigenvalue weighted by Gasteiger charge is 1.95. The Bertz CT molecular complexity index is 288. The topological polar surface area (TPSA) is 32.6 Å². The highest BCUT2D eigenvalue weighted by atomic mass is 127. The van der Waals surface area contributed by atoms with Gasteiger partial charge in [0.1, 0.15) is 0 Å². The summed E-state index contributed by atoms with van der Waals surface area (Å²) >= 11 is 7.88. The largest absolute Gasteiger partial charge is 0.411 e. The lowest BCUT2D eigenvalue weighted by Crippen LogP contribution is -1.82. The molecule has 0 aliphatic carbocycles. The molecule has 0 atom stereocenters. The van der Waals surface area contributed by atoms with Gasteiger partial charge in [-0.05, 0) is 40.3 Å². The van der Waals surface area contributed by atoms with Crippen LogP contribution in [0.25, 0.3) is 0 Å². The number of rotatable bonds is 1. The molecule has 0 amide bonds. The lowest BCUT2D eigenvalue weighted by molar-refractivity contribution is 0.322. The third-order valence-electron chi connectivity index (χ3n) is 1.15. The molecule has 0 spiro atoms. The Kier molecular flexibility index (Phi) is 3.14. The Balaban J connectivity index is 3.05. The Hall–Kier alpha value is -0.290. The predicted octanol–water partition coefficient (Wildman–Crippen LogP) is 2.75. The van der Waals surface area contributed by atoms with Gasteiger partial charge >= 0.3 is 0 Å². The molecule has 0 fully saturated rings. The third-order valence-corrected chi connectivity index (χ3v) is 2.69. The maximum Gasteiger partial charge on any atom is 0.0734 e. The van der Waals surface area contributed by atoms with Crippen LogP contribution in [0.5, 0.6) is 0 Å². The van der Waals surface area contributed by atoms with Crippen LogP contribution in [0.3, 0.4) is 0 Å². The van der Waals surface area contributed by atoms with Gasteiger partial charge in [0.2, 0.25) is 0 Å². The average molecular weight is 281 g/mol. The van der Waals surface area contributed by atoms with Gasteiger partial charge in [-0.15, -0.1) is 0 Å². The molecule has 58 valence electrons. The zero-order valence-electron chi connectivity index (χ0n) is 5.46. The molecule has 11 heavy (non-hydrogen) atoms. The van der Waals surface area contributed by atoms with Gasteiger partial charge in [-0.25, -0.2) is 0 Å². The minimum Gasteiger partial charge on any atom is -0.411 e. The SMILES string of the molecule is O/N=C/c1ccc(Cl)c(I)c1. The molecule has 0 aromatic heterocycles. The number of nitrogens with zero attached hydrogens (tertiary/aromatic N) is 1. The second-order valence-electron chi connectivity index (χ2n) is 1.92. The van der Waals surface area contributed by atoms with Crippen LogP contribution in [0, 0.1) is 3.57 Å².